The number of aryl methyl sites for hydroxylation is 1. The van der Waals surface area contributed by atoms with E-state index < -0.39 is 12.6 Å². The number of halogens is 2. The van der Waals surface area contributed by atoms with Crippen molar-refractivity contribution in [1.82, 2.24) is 4.90 Å². The molecule has 1 aliphatic carbocycles. The first-order valence-corrected chi connectivity index (χ1v) is 10.5. The van der Waals surface area contributed by atoms with Gasteiger partial charge in [-0.25, -0.2) is 4.79 Å². The lowest BCUT2D eigenvalue weighted by molar-refractivity contribution is -0.117. The molecule has 0 bridgehead atoms. The monoisotopic (exact) mass is 438 g/mol. The fraction of sp³-hybridized carbons (Fsp3) is 0.429. The van der Waals surface area contributed by atoms with Crippen molar-refractivity contribution in [2.24, 2.45) is 0 Å². The Bertz CT molecular complexity index is 899. The van der Waals surface area contributed by atoms with E-state index in [4.69, 9.17) is 4.74 Å². The Morgan fingerprint density at radius 3 is 2.63 bits per heavy atom. The summed E-state index contributed by atoms with van der Waals surface area (Å²) in [7, 11) is 1.78. The lowest BCUT2D eigenvalue weighted by atomic mass is 10.1. The van der Waals surface area contributed by atoms with Crippen LogP contribution in [0.25, 0.3) is 0 Å². The number of nitrogens with zero attached hydrogens (tertiary/aromatic N) is 1. The van der Waals surface area contributed by atoms with Crippen LogP contribution in [-0.2, 0) is 28.9 Å². The summed E-state index contributed by atoms with van der Waals surface area (Å²) in [5.74, 6) is -0.543. The van der Waals surface area contributed by atoms with Crippen molar-refractivity contribution in [2.45, 2.75) is 39.3 Å². The summed E-state index contributed by atoms with van der Waals surface area (Å²) in [5, 5.41) is 3.41. The number of hydrogen-bond acceptors (Lipinski definition) is 6. The van der Waals surface area contributed by atoms with Gasteiger partial charge in [-0.15, -0.1) is 11.3 Å². The maximum Gasteiger partial charge on any atom is 0.387 e. The number of carbonyl (C=O) groups is 2. The molecule has 0 saturated carbocycles. The number of benzene rings is 1. The molecule has 30 heavy (non-hydrogen) atoms. The van der Waals surface area contributed by atoms with Crippen LogP contribution in [0.5, 0.6) is 5.75 Å². The van der Waals surface area contributed by atoms with Gasteiger partial charge >= 0.3 is 12.6 Å². The minimum absolute atomic E-state index is 0.0892. The van der Waals surface area contributed by atoms with E-state index in [2.05, 4.69) is 10.1 Å². The van der Waals surface area contributed by atoms with Crippen LogP contribution < -0.4 is 10.1 Å². The molecule has 1 aliphatic rings. The molecule has 1 amide bonds. The number of ether oxygens (including phenoxy) is 2. The number of esters is 1. The molecule has 3 rings (SSSR count). The van der Waals surface area contributed by atoms with E-state index in [9.17, 15) is 18.4 Å². The predicted octanol–water partition coefficient (Wildman–Crippen LogP) is 4.09. The average molecular weight is 438 g/mol. The van der Waals surface area contributed by atoms with Crippen molar-refractivity contribution in [1.29, 1.82) is 0 Å². The highest BCUT2D eigenvalue weighted by Gasteiger charge is 2.28. The predicted molar refractivity (Wildman–Crippen MR) is 110 cm³/mol. The van der Waals surface area contributed by atoms with Crippen molar-refractivity contribution in [3.05, 3.63) is 45.8 Å². The second-order valence-electron chi connectivity index (χ2n) is 7.02. The Labute approximate surface area is 177 Å². The van der Waals surface area contributed by atoms with Crippen molar-refractivity contribution < 1.29 is 27.8 Å². The van der Waals surface area contributed by atoms with Gasteiger partial charge in [0, 0.05) is 11.4 Å². The topological polar surface area (TPSA) is 67.9 Å². The molecule has 1 aromatic heterocycles. The standard InChI is InChI=1S/C21H24F2N2O4S/c1-3-28-20(27)18-15-5-4-6-16(15)30-19(18)24-17(26)12-25(2)11-13-7-9-14(10-8-13)29-21(22)23/h7-10,21H,3-6,11-12H2,1-2H3,(H,24,26). The second kappa shape index (κ2) is 9.99. The van der Waals surface area contributed by atoms with Crippen LogP contribution >= 0.6 is 11.3 Å². The Balaban J connectivity index is 1.60. The molecule has 0 aliphatic heterocycles. The van der Waals surface area contributed by atoms with E-state index in [0.717, 1.165) is 35.3 Å². The van der Waals surface area contributed by atoms with Crippen molar-refractivity contribution >= 4 is 28.2 Å². The third-order valence-electron chi connectivity index (χ3n) is 4.67. The van der Waals surface area contributed by atoms with Crippen molar-refractivity contribution in [3.63, 3.8) is 0 Å². The van der Waals surface area contributed by atoms with Gasteiger partial charge in [-0.1, -0.05) is 12.1 Å². The third-order valence-corrected chi connectivity index (χ3v) is 5.88. The number of fused-ring (bicyclic) bond motifs is 1. The molecule has 0 fully saturated rings. The number of anilines is 1. The van der Waals surface area contributed by atoms with Gasteiger partial charge in [0.1, 0.15) is 10.8 Å². The quantitative estimate of drug-likeness (QED) is 0.598. The summed E-state index contributed by atoms with van der Waals surface area (Å²) >= 11 is 1.44. The molecule has 0 unspecified atom stereocenters. The molecular formula is C21H24F2N2O4S. The lowest BCUT2D eigenvalue weighted by Gasteiger charge is -2.17. The first-order chi connectivity index (χ1) is 14.4. The van der Waals surface area contributed by atoms with Gasteiger partial charge in [0.15, 0.2) is 0 Å². The summed E-state index contributed by atoms with van der Waals surface area (Å²) in [6.07, 6.45) is 2.74. The van der Waals surface area contributed by atoms with Gasteiger partial charge in [-0.2, -0.15) is 8.78 Å². The van der Waals surface area contributed by atoms with E-state index in [1.807, 2.05) is 0 Å². The van der Waals surface area contributed by atoms with Crippen molar-refractivity contribution in [2.75, 3.05) is 25.5 Å². The van der Waals surface area contributed by atoms with Gasteiger partial charge in [-0.05, 0) is 56.5 Å². The van der Waals surface area contributed by atoms with E-state index in [1.165, 1.54) is 23.5 Å². The maximum absolute atomic E-state index is 12.5. The minimum atomic E-state index is -2.86. The van der Waals surface area contributed by atoms with Gasteiger partial charge in [-0.3, -0.25) is 9.69 Å². The van der Waals surface area contributed by atoms with E-state index >= 15 is 0 Å². The van der Waals surface area contributed by atoms with E-state index in [0.29, 0.717) is 17.1 Å². The molecule has 0 radical (unpaired) electrons. The van der Waals surface area contributed by atoms with Crippen LogP contribution in [0.2, 0.25) is 0 Å². The molecular weight excluding hydrogens is 414 g/mol. The summed E-state index contributed by atoms with van der Waals surface area (Å²) in [4.78, 5) is 27.9. The van der Waals surface area contributed by atoms with Crippen molar-refractivity contribution in [3.8, 4) is 5.75 Å². The van der Waals surface area contributed by atoms with Crippen LogP contribution in [0, 0.1) is 0 Å². The summed E-state index contributed by atoms with van der Waals surface area (Å²) in [5.41, 5.74) is 2.34. The zero-order valence-corrected chi connectivity index (χ0v) is 17.7. The second-order valence-corrected chi connectivity index (χ2v) is 8.13. The summed E-state index contributed by atoms with van der Waals surface area (Å²) in [6.45, 7) is -0.265. The Morgan fingerprint density at radius 1 is 1.23 bits per heavy atom. The maximum atomic E-state index is 12.5. The Kier molecular flexibility index (Phi) is 7.38. The van der Waals surface area contributed by atoms with Crippen LogP contribution in [0.3, 0.4) is 0 Å². The van der Waals surface area contributed by atoms with Gasteiger partial charge in [0.25, 0.3) is 0 Å². The Morgan fingerprint density at radius 2 is 1.97 bits per heavy atom. The fourth-order valence-corrected chi connectivity index (χ4v) is 4.76. The molecule has 1 aromatic carbocycles. The zero-order chi connectivity index (χ0) is 21.7. The third kappa shape index (κ3) is 5.54. The van der Waals surface area contributed by atoms with E-state index in [-0.39, 0.29) is 24.8 Å². The molecule has 0 spiro atoms. The number of likely N-dealkylation sites (N-methyl/N-ethyl adjacent to an activating group) is 1. The molecule has 0 saturated heterocycles. The number of carbonyl (C=O) groups excluding carboxylic acids is 2. The highest BCUT2D eigenvalue weighted by molar-refractivity contribution is 7.17. The van der Waals surface area contributed by atoms with Crippen LogP contribution in [0.15, 0.2) is 24.3 Å². The van der Waals surface area contributed by atoms with E-state index in [1.54, 1.807) is 31.0 Å². The van der Waals surface area contributed by atoms with Crippen LogP contribution in [0.1, 0.15) is 39.7 Å². The number of thiophene rings is 1. The number of nitrogens with one attached hydrogen (secondary N) is 1. The average Bonchev–Trinajstić information content (AvgIpc) is 3.23. The molecule has 0 atom stereocenters. The largest absolute Gasteiger partial charge is 0.462 e. The van der Waals surface area contributed by atoms with Gasteiger partial charge < -0.3 is 14.8 Å². The Hall–Kier alpha value is -2.52. The zero-order valence-electron chi connectivity index (χ0n) is 16.9. The fourth-order valence-electron chi connectivity index (χ4n) is 3.47. The number of hydrogen-bond donors (Lipinski definition) is 1. The molecule has 162 valence electrons. The van der Waals surface area contributed by atoms with Crippen LogP contribution in [-0.4, -0.2) is 43.6 Å². The summed E-state index contributed by atoms with van der Waals surface area (Å²) in [6, 6.07) is 6.28. The lowest BCUT2D eigenvalue weighted by Crippen LogP contribution is -2.30. The smallest absolute Gasteiger partial charge is 0.387 e. The van der Waals surface area contributed by atoms with Gasteiger partial charge in [0.2, 0.25) is 5.91 Å². The molecule has 1 heterocycles. The first-order valence-electron chi connectivity index (χ1n) is 9.71. The molecule has 1 N–H and O–H groups in total. The van der Waals surface area contributed by atoms with Gasteiger partial charge in [0.05, 0.1) is 18.7 Å². The minimum Gasteiger partial charge on any atom is -0.462 e. The number of alkyl halides is 2. The van der Waals surface area contributed by atoms with Crippen LogP contribution in [0.4, 0.5) is 13.8 Å². The SMILES string of the molecule is CCOC(=O)c1c(NC(=O)CN(C)Cc2ccc(OC(F)F)cc2)sc2c1CCC2. The first kappa shape index (κ1) is 22.2. The summed E-state index contributed by atoms with van der Waals surface area (Å²) < 4.78 is 34.0. The molecule has 2 aromatic rings. The number of rotatable bonds is 9. The normalized spacial score (nSPS) is 12.9. The number of amides is 1. The highest BCUT2D eigenvalue weighted by atomic mass is 32.1. The molecule has 9 heteroatoms. The molecule has 6 nitrogen and oxygen atoms in total. The highest BCUT2D eigenvalue weighted by Crippen LogP contribution is 2.39.